The summed E-state index contributed by atoms with van der Waals surface area (Å²) in [6, 6.07) is 3.34. The number of amides is 1. The van der Waals surface area contributed by atoms with Crippen LogP contribution in [0.4, 0.5) is 0 Å². The minimum atomic E-state index is -3.46. The molecule has 0 saturated heterocycles. The number of nitrogens with zero attached hydrogens (tertiary/aromatic N) is 1. The molecular weight excluding hydrogens is 242 g/mol. The molecule has 3 N–H and O–H groups in total. The molecule has 0 saturated carbocycles. The average molecular weight is 257 g/mol. The Morgan fingerprint density at radius 2 is 2.24 bits per heavy atom. The topological polar surface area (TPSA) is 102 Å². The van der Waals surface area contributed by atoms with Crippen molar-refractivity contribution in [1.82, 2.24) is 10.3 Å². The van der Waals surface area contributed by atoms with Crippen molar-refractivity contribution in [1.29, 1.82) is 0 Å². The smallest absolute Gasteiger partial charge is 0.253 e. The molecule has 17 heavy (non-hydrogen) atoms. The van der Waals surface area contributed by atoms with E-state index in [1.165, 1.54) is 0 Å². The summed E-state index contributed by atoms with van der Waals surface area (Å²) >= 11 is 0. The third kappa shape index (κ3) is 4.92. The first-order chi connectivity index (χ1) is 7.90. The van der Waals surface area contributed by atoms with Crippen LogP contribution < -0.4 is 10.5 Å². The number of rotatable bonds is 5. The van der Waals surface area contributed by atoms with Gasteiger partial charge in [-0.05, 0) is 25.5 Å². The molecule has 0 radical (unpaired) electrons. The van der Waals surface area contributed by atoms with Gasteiger partial charge in [0.2, 0.25) is 10.0 Å². The number of primary sulfonamides is 1. The van der Waals surface area contributed by atoms with E-state index in [9.17, 15) is 13.2 Å². The van der Waals surface area contributed by atoms with Gasteiger partial charge in [0.1, 0.15) is 0 Å². The van der Waals surface area contributed by atoms with Crippen LogP contribution >= 0.6 is 0 Å². The monoisotopic (exact) mass is 257 g/mol. The minimum Gasteiger partial charge on any atom is -0.352 e. The quantitative estimate of drug-likeness (QED) is 0.713. The highest BCUT2D eigenvalue weighted by Crippen LogP contribution is 2.02. The molecule has 1 rings (SSSR count). The van der Waals surface area contributed by atoms with Gasteiger partial charge in [0.05, 0.1) is 11.3 Å². The summed E-state index contributed by atoms with van der Waals surface area (Å²) < 4.78 is 21.3. The van der Waals surface area contributed by atoms with Crippen LogP contribution in [0.2, 0.25) is 0 Å². The van der Waals surface area contributed by atoms with Crippen LogP contribution in [0.5, 0.6) is 0 Å². The number of aromatic nitrogens is 1. The summed E-state index contributed by atoms with van der Waals surface area (Å²) in [6.45, 7) is 2.00. The second-order valence-electron chi connectivity index (χ2n) is 3.61. The molecule has 0 bridgehead atoms. The van der Waals surface area contributed by atoms with Gasteiger partial charge in [-0.3, -0.25) is 9.78 Å². The van der Waals surface area contributed by atoms with Crippen molar-refractivity contribution >= 4 is 15.9 Å². The number of sulfonamides is 1. The van der Waals surface area contributed by atoms with Crippen LogP contribution in [0.25, 0.3) is 0 Å². The van der Waals surface area contributed by atoms with Crippen LogP contribution in [0, 0.1) is 6.92 Å². The second kappa shape index (κ2) is 5.74. The van der Waals surface area contributed by atoms with Crippen LogP contribution in [-0.4, -0.2) is 31.6 Å². The summed E-state index contributed by atoms with van der Waals surface area (Å²) in [5.74, 6) is -0.399. The summed E-state index contributed by atoms with van der Waals surface area (Å²) in [4.78, 5) is 15.6. The lowest BCUT2D eigenvalue weighted by Crippen LogP contribution is -2.28. The molecule has 0 aliphatic carbocycles. The largest absolute Gasteiger partial charge is 0.352 e. The first-order valence-electron chi connectivity index (χ1n) is 5.10. The van der Waals surface area contributed by atoms with Crippen molar-refractivity contribution in [2.24, 2.45) is 5.14 Å². The van der Waals surface area contributed by atoms with Crippen LogP contribution in [0.15, 0.2) is 18.3 Å². The number of aryl methyl sites for hydroxylation is 1. The Labute approximate surface area is 100 Å². The molecule has 0 unspecified atom stereocenters. The Morgan fingerprint density at radius 1 is 1.53 bits per heavy atom. The van der Waals surface area contributed by atoms with E-state index in [1.807, 2.05) is 0 Å². The Hall–Kier alpha value is -1.47. The van der Waals surface area contributed by atoms with Crippen LogP contribution in [0.3, 0.4) is 0 Å². The van der Waals surface area contributed by atoms with Crippen LogP contribution in [-0.2, 0) is 10.0 Å². The summed E-state index contributed by atoms with van der Waals surface area (Å²) in [5, 5.41) is 7.45. The molecule has 0 aliphatic rings. The fourth-order valence-electron chi connectivity index (χ4n) is 1.29. The lowest BCUT2D eigenvalue weighted by molar-refractivity contribution is 0.0952. The van der Waals surface area contributed by atoms with Gasteiger partial charge in [-0.25, -0.2) is 13.6 Å². The molecule has 0 atom stereocenters. The number of nitrogens with one attached hydrogen (secondary N) is 1. The molecule has 1 amide bonds. The fourth-order valence-corrected chi connectivity index (χ4v) is 1.84. The third-order valence-corrected chi connectivity index (χ3v) is 3.00. The Balaban J connectivity index is 2.44. The Bertz CT molecular complexity index is 499. The van der Waals surface area contributed by atoms with E-state index in [0.717, 1.165) is 0 Å². The lowest BCUT2D eigenvalue weighted by Gasteiger charge is -2.06. The van der Waals surface area contributed by atoms with Gasteiger partial charge < -0.3 is 5.32 Å². The van der Waals surface area contributed by atoms with Crippen LogP contribution in [0.1, 0.15) is 22.5 Å². The van der Waals surface area contributed by atoms with Crippen molar-refractivity contribution in [3.8, 4) is 0 Å². The van der Waals surface area contributed by atoms with Crippen molar-refractivity contribution in [3.05, 3.63) is 29.6 Å². The van der Waals surface area contributed by atoms with Gasteiger partial charge in [0.25, 0.3) is 5.91 Å². The zero-order valence-electron chi connectivity index (χ0n) is 9.51. The van der Waals surface area contributed by atoms with E-state index in [1.54, 1.807) is 25.3 Å². The molecule has 0 fully saturated rings. The molecule has 6 nitrogen and oxygen atoms in total. The van der Waals surface area contributed by atoms with E-state index in [2.05, 4.69) is 10.3 Å². The highest BCUT2D eigenvalue weighted by atomic mass is 32.2. The summed E-state index contributed by atoms with van der Waals surface area (Å²) in [7, 11) is -3.46. The number of carbonyl (C=O) groups is 1. The molecule has 1 aromatic rings. The molecule has 7 heteroatoms. The predicted octanol–water partition coefficient (Wildman–Crippen LogP) is -0.202. The summed E-state index contributed by atoms with van der Waals surface area (Å²) in [5.41, 5.74) is 1.12. The zero-order chi connectivity index (χ0) is 12.9. The number of carbonyl (C=O) groups excluding carboxylic acids is 1. The fraction of sp³-hybridized carbons (Fsp3) is 0.400. The number of pyridine rings is 1. The summed E-state index contributed by atoms with van der Waals surface area (Å²) in [6.07, 6.45) is 1.90. The van der Waals surface area contributed by atoms with E-state index >= 15 is 0 Å². The van der Waals surface area contributed by atoms with Crippen molar-refractivity contribution in [3.63, 3.8) is 0 Å². The molecule has 1 heterocycles. The van der Waals surface area contributed by atoms with Crippen molar-refractivity contribution in [2.45, 2.75) is 13.3 Å². The zero-order valence-corrected chi connectivity index (χ0v) is 10.3. The second-order valence-corrected chi connectivity index (χ2v) is 5.35. The maximum atomic E-state index is 11.7. The third-order valence-electron chi connectivity index (χ3n) is 2.14. The van der Waals surface area contributed by atoms with Gasteiger partial charge in [-0.15, -0.1) is 0 Å². The SMILES string of the molecule is Cc1ncccc1C(=O)NCCCS(N)(=O)=O. The van der Waals surface area contributed by atoms with Gasteiger partial charge >= 0.3 is 0 Å². The molecule has 0 aromatic carbocycles. The number of hydrogen-bond donors (Lipinski definition) is 2. The predicted molar refractivity (Wildman–Crippen MR) is 63.9 cm³/mol. The van der Waals surface area contributed by atoms with E-state index in [-0.39, 0.29) is 18.2 Å². The first-order valence-corrected chi connectivity index (χ1v) is 6.82. The molecular formula is C10H15N3O3S. The average Bonchev–Trinajstić information content (AvgIpc) is 2.23. The minimum absolute atomic E-state index is 0.140. The highest BCUT2D eigenvalue weighted by Gasteiger charge is 2.08. The molecule has 94 valence electrons. The lowest BCUT2D eigenvalue weighted by atomic mass is 10.2. The van der Waals surface area contributed by atoms with Gasteiger partial charge in [0.15, 0.2) is 0 Å². The molecule has 0 spiro atoms. The van der Waals surface area contributed by atoms with Crippen molar-refractivity contribution < 1.29 is 13.2 Å². The van der Waals surface area contributed by atoms with Gasteiger partial charge in [-0.1, -0.05) is 0 Å². The van der Waals surface area contributed by atoms with Gasteiger partial charge in [-0.2, -0.15) is 0 Å². The number of nitrogens with two attached hydrogens (primary N) is 1. The molecule has 1 aromatic heterocycles. The van der Waals surface area contributed by atoms with Gasteiger partial charge in [0, 0.05) is 18.4 Å². The van der Waals surface area contributed by atoms with E-state index in [0.29, 0.717) is 17.7 Å². The maximum absolute atomic E-state index is 11.7. The Morgan fingerprint density at radius 3 is 2.82 bits per heavy atom. The normalized spacial score (nSPS) is 11.2. The highest BCUT2D eigenvalue weighted by molar-refractivity contribution is 7.89. The standard InChI is InChI=1S/C10H15N3O3S/c1-8-9(4-2-5-12-8)10(14)13-6-3-7-17(11,15)16/h2,4-5H,3,6-7H2,1H3,(H,13,14)(H2,11,15,16). The van der Waals surface area contributed by atoms with Crippen molar-refractivity contribution in [2.75, 3.05) is 12.3 Å². The van der Waals surface area contributed by atoms with E-state index in [4.69, 9.17) is 5.14 Å². The van der Waals surface area contributed by atoms with E-state index < -0.39 is 10.0 Å². The Kier molecular flexibility index (Phi) is 4.59. The first kappa shape index (κ1) is 13.6. The molecule has 0 aliphatic heterocycles. The maximum Gasteiger partial charge on any atom is 0.253 e. The number of hydrogen-bond acceptors (Lipinski definition) is 4.